The van der Waals surface area contributed by atoms with Gasteiger partial charge in [-0.15, -0.1) is 0 Å². The second kappa shape index (κ2) is 7.41. The maximum absolute atomic E-state index is 12.1. The van der Waals surface area contributed by atoms with Crippen LogP contribution in [0.15, 0.2) is 41.3 Å². The normalized spacial score (nSPS) is 11.1. The predicted octanol–water partition coefficient (Wildman–Crippen LogP) is 3.77. The van der Waals surface area contributed by atoms with Crippen molar-refractivity contribution in [2.75, 3.05) is 6.54 Å². The Morgan fingerprint density at radius 2 is 1.86 bits per heavy atom. The Morgan fingerprint density at radius 1 is 1.18 bits per heavy atom. The van der Waals surface area contributed by atoms with Crippen molar-refractivity contribution in [2.45, 2.75) is 46.6 Å². The Labute approximate surface area is 133 Å². The number of benzene rings is 1. The van der Waals surface area contributed by atoms with Gasteiger partial charge in [0.1, 0.15) is 0 Å². The summed E-state index contributed by atoms with van der Waals surface area (Å²) in [5, 5.41) is 3.30. The second-order valence-corrected chi connectivity index (χ2v) is 6.10. The third-order valence-electron chi connectivity index (χ3n) is 3.90. The third kappa shape index (κ3) is 3.86. The lowest BCUT2D eigenvalue weighted by Gasteiger charge is -2.14. The molecule has 22 heavy (non-hydrogen) atoms. The first-order valence-electron chi connectivity index (χ1n) is 8.06. The molecule has 0 aliphatic rings. The van der Waals surface area contributed by atoms with Crippen molar-refractivity contribution in [1.82, 2.24) is 9.88 Å². The van der Waals surface area contributed by atoms with Crippen molar-refractivity contribution >= 4 is 0 Å². The van der Waals surface area contributed by atoms with Crippen LogP contribution in [0.4, 0.5) is 0 Å². The lowest BCUT2D eigenvalue weighted by molar-refractivity contribution is 0.668. The number of rotatable bonds is 6. The quantitative estimate of drug-likeness (QED) is 0.824. The first-order valence-corrected chi connectivity index (χ1v) is 8.06. The Kier molecular flexibility index (Phi) is 5.56. The molecule has 1 aromatic heterocycles. The molecule has 0 aliphatic carbocycles. The van der Waals surface area contributed by atoms with Crippen LogP contribution in [0.2, 0.25) is 0 Å². The van der Waals surface area contributed by atoms with Gasteiger partial charge in [-0.3, -0.25) is 4.79 Å². The van der Waals surface area contributed by atoms with Crippen molar-refractivity contribution in [1.29, 1.82) is 0 Å². The number of aromatic nitrogens is 1. The summed E-state index contributed by atoms with van der Waals surface area (Å²) in [4.78, 5) is 12.1. The number of pyridine rings is 1. The van der Waals surface area contributed by atoms with Crippen molar-refractivity contribution in [2.24, 2.45) is 0 Å². The highest BCUT2D eigenvalue weighted by molar-refractivity contribution is 5.38. The number of nitrogens with zero attached hydrogens (tertiary/aromatic N) is 1. The molecule has 118 valence electrons. The first-order chi connectivity index (χ1) is 10.5. The molecule has 0 radical (unpaired) electrons. The number of hydrogen-bond acceptors (Lipinski definition) is 2. The topological polar surface area (TPSA) is 34.0 Å². The van der Waals surface area contributed by atoms with Gasteiger partial charge in [-0.2, -0.15) is 0 Å². The molecule has 3 heteroatoms. The van der Waals surface area contributed by atoms with E-state index in [4.69, 9.17) is 0 Å². The average Bonchev–Trinajstić information content (AvgIpc) is 2.50. The largest absolute Gasteiger partial charge is 0.321 e. The molecule has 0 saturated carbocycles. The minimum absolute atomic E-state index is 0.108. The summed E-state index contributed by atoms with van der Waals surface area (Å²) in [6.45, 7) is 10.0. The molecule has 0 bridgehead atoms. The van der Waals surface area contributed by atoms with E-state index in [0.29, 0.717) is 12.5 Å². The molecular weight excluding hydrogens is 272 g/mol. The SMILES string of the molecule is CCCNCc1cn(-c2ccc(C(C)C)cc2)c(C)cc1=O. The lowest BCUT2D eigenvalue weighted by Crippen LogP contribution is -2.22. The Morgan fingerprint density at radius 3 is 2.45 bits per heavy atom. The summed E-state index contributed by atoms with van der Waals surface area (Å²) in [7, 11) is 0. The maximum Gasteiger partial charge on any atom is 0.186 e. The van der Waals surface area contributed by atoms with Gasteiger partial charge in [0.15, 0.2) is 5.43 Å². The molecule has 1 aromatic carbocycles. The summed E-state index contributed by atoms with van der Waals surface area (Å²) < 4.78 is 2.09. The van der Waals surface area contributed by atoms with Crippen LogP contribution in [-0.4, -0.2) is 11.1 Å². The molecular formula is C19H26N2O. The minimum atomic E-state index is 0.108. The lowest BCUT2D eigenvalue weighted by atomic mass is 10.0. The molecule has 0 fully saturated rings. The van der Waals surface area contributed by atoms with Crippen LogP contribution in [0.25, 0.3) is 5.69 Å². The molecule has 1 heterocycles. The van der Waals surface area contributed by atoms with Crippen LogP contribution >= 0.6 is 0 Å². The zero-order valence-corrected chi connectivity index (χ0v) is 14.0. The molecule has 0 spiro atoms. The van der Waals surface area contributed by atoms with Gasteiger partial charge in [-0.25, -0.2) is 0 Å². The zero-order valence-electron chi connectivity index (χ0n) is 14.0. The Hall–Kier alpha value is -1.87. The molecule has 0 unspecified atom stereocenters. The Bertz CT molecular complexity index is 669. The van der Waals surface area contributed by atoms with Gasteiger partial charge in [0.05, 0.1) is 0 Å². The highest BCUT2D eigenvalue weighted by Crippen LogP contribution is 2.18. The fourth-order valence-electron chi connectivity index (χ4n) is 2.50. The first kappa shape index (κ1) is 16.5. The highest BCUT2D eigenvalue weighted by Gasteiger charge is 2.06. The van der Waals surface area contributed by atoms with Crippen molar-refractivity contribution in [3.63, 3.8) is 0 Å². The number of aryl methyl sites for hydroxylation is 1. The minimum Gasteiger partial charge on any atom is -0.321 e. The third-order valence-corrected chi connectivity index (χ3v) is 3.90. The van der Waals surface area contributed by atoms with E-state index in [1.807, 2.05) is 13.1 Å². The zero-order chi connectivity index (χ0) is 16.1. The van der Waals surface area contributed by atoms with E-state index in [9.17, 15) is 4.79 Å². The average molecular weight is 298 g/mol. The molecule has 1 N–H and O–H groups in total. The summed E-state index contributed by atoms with van der Waals surface area (Å²) in [5.41, 5.74) is 4.30. The van der Waals surface area contributed by atoms with Gasteiger partial charge in [-0.05, 0) is 43.5 Å². The molecule has 0 saturated heterocycles. The standard InChI is InChI=1S/C19H26N2O/c1-5-10-20-12-17-13-21(15(4)11-19(17)22)18-8-6-16(7-9-18)14(2)3/h6-9,11,13-14,20H,5,10,12H2,1-4H3. The van der Waals surface area contributed by atoms with Crippen LogP contribution in [0.5, 0.6) is 0 Å². The smallest absolute Gasteiger partial charge is 0.186 e. The van der Waals surface area contributed by atoms with Crippen molar-refractivity contribution in [3.05, 3.63) is 63.6 Å². The van der Waals surface area contributed by atoms with Crippen LogP contribution in [0.3, 0.4) is 0 Å². The fourth-order valence-corrected chi connectivity index (χ4v) is 2.50. The molecule has 0 atom stereocenters. The second-order valence-electron chi connectivity index (χ2n) is 6.10. The summed E-state index contributed by atoms with van der Waals surface area (Å²) in [5.74, 6) is 0.526. The molecule has 2 rings (SSSR count). The monoisotopic (exact) mass is 298 g/mol. The maximum atomic E-state index is 12.1. The Balaban J connectivity index is 2.33. The predicted molar refractivity (Wildman–Crippen MR) is 92.9 cm³/mol. The van der Waals surface area contributed by atoms with Crippen molar-refractivity contribution in [3.8, 4) is 5.69 Å². The van der Waals surface area contributed by atoms with Gasteiger partial charge in [0.2, 0.25) is 0 Å². The molecule has 2 aromatic rings. The van der Waals surface area contributed by atoms with E-state index < -0.39 is 0 Å². The number of nitrogens with one attached hydrogen (secondary N) is 1. The van der Waals surface area contributed by atoms with Gasteiger partial charge < -0.3 is 9.88 Å². The van der Waals surface area contributed by atoms with Gasteiger partial charge in [0.25, 0.3) is 0 Å². The fraction of sp³-hybridized carbons (Fsp3) is 0.421. The van der Waals surface area contributed by atoms with E-state index in [1.165, 1.54) is 5.56 Å². The summed E-state index contributed by atoms with van der Waals surface area (Å²) >= 11 is 0. The summed E-state index contributed by atoms with van der Waals surface area (Å²) in [6.07, 6.45) is 3.03. The van der Waals surface area contributed by atoms with Crippen molar-refractivity contribution < 1.29 is 0 Å². The van der Waals surface area contributed by atoms with Gasteiger partial charge in [0, 0.05) is 35.8 Å². The molecule has 0 amide bonds. The van der Waals surface area contributed by atoms with E-state index >= 15 is 0 Å². The van der Waals surface area contributed by atoms with Crippen LogP contribution in [-0.2, 0) is 6.54 Å². The van der Waals surface area contributed by atoms with Crippen LogP contribution < -0.4 is 10.7 Å². The number of hydrogen-bond donors (Lipinski definition) is 1. The van der Waals surface area contributed by atoms with E-state index in [1.54, 1.807) is 6.07 Å². The van der Waals surface area contributed by atoms with E-state index in [-0.39, 0.29) is 5.43 Å². The summed E-state index contributed by atoms with van der Waals surface area (Å²) in [6, 6.07) is 10.3. The van der Waals surface area contributed by atoms with Crippen LogP contribution in [0, 0.1) is 6.92 Å². The van der Waals surface area contributed by atoms with E-state index in [0.717, 1.165) is 29.9 Å². The molecule has 3 nitrogen and oxygen atoms in total. The van der Waals surface area contributed by atoms with E-state index in [2.05, 4.69) is 54.9 Å². The van der Waals surface area contributed by atoms with Gasteiger partial charge in [-0.1, -0.05) is 32.9 Å². The van der Waals surface area contributed by atoms with Gasteiger partial charge >= 0.3 is 0 Å². The highest BCUT2D eigenvalue weighted by atomic mass is 16.1. The molecule has 0 aliphatic heterocycles. The van der Waals surface area contributed by atoms with Crippen LogP contribution in [0.1, 0.15) is 49.9 Å².